The second kappa shape index (κ2) is 7.18. The van der Waals surface area contributed by atoms with Gasteiger partial charge in [-0.15, -0.1) is 0 Å². The van der Waals surface area contributed by atoms with Gasteiger partial charge in [-0.25, -0.2) is 9.78 Å². The van der Waals surface area contributed by atoms with Crippen molar-refractivity contribution in [3.8, 4) is 5.82 Å². The van der Waals surface area contributed by atoms with Crippen molar-refractivity contribution in [3.05, 3.63) is 45.5 Å². The van der Waals surface area contributed by atoms with Crippen molar-refractivity contribution in [2.75, 3.05) is 18.6 Å². The van der Waals surface area contributed by atoms with Crippen LogP contribution >= 0.6 is 11.6 Å². The van der Waals surface area contributed by atoms with Gasteiger partial charge in [-0.2, -0.15) is 23.0 Å². The number of ether oxygens (including phenoxy) is 1. The summed E-state index contributed by atoms with van der Waals surface area (Å²) in [6.07, 6.45) is -1.39. The van der Waals surface area contributed by atoms with Gasteiger partial charge in [0.05, 0.1) is 24.6 Å². The van der Waals surface area contributed by atoms with Crippen LogP contribution in [0.1, 0.15) is 18.4 Å². The lowest BCUT2D eigenvalue weighted by Gasteiger charge is -2.25. The number of nitrogens with zero attached hydrogens (tertiary/aromatic N) is 4. The molecule has 1 aliphatic rings. The van der Waals surface area contributed by atoms with E-state index in [2.05, 4.69) is 10.1 Å². The molecule has 2 aromatic rings. The average molecular weight is 403 g/mol. The maximum Gasteiger partial charge on any atom is 0.417 e. The zero-order valence-corrected chi connectivity index (χ0v) is 14.8. The summed E-state index contributed by atoms with van der Waals surface area (Å²) in [6.45, 7) is 0.489. The van der Waals surface area contributed by atoms with E-state index in [1.807, 2.05) is 0 Å². The fraction of sp³-hybridized carbons (Fsp3) is 0.375. The predicted octanol–water partition coefficient (Wildman–Crippen LogP) is 2.44. The van der Waals surface area contributed by atoms with Crippen LogP contribution in [-0.2, 0) is 15.7 Å². The average Bonchev–Trinajstić information content (AvgIpc) is 3.12. The van der Waals surface area contributed by atoms with Gasteiger partial charge in [0.15, 0.2) is 5.82 Å². The van der Waals surface area contributed by atoms with E-state index in [0.29, 0.717) is 25.6 Å². The lowest BCUT2D eigenvalue weighted by molar-refractivity contribution is -0.142. The summed E-state index contributed by atoms with van der Waals surface area (Å²) in [5.74, 6) is -0.551. The molecule has 0 aromatic carbocycles. The van der Waals surface area contributed by atoms with Crippen LogP contribution in [0.2, 0.25) is 5.02 Å². The highest BCUT2D eigenvalue weighted by atomic mass is 35.5. The Morgan fingerprint density at radius 3 is 2.67 bits per heavy atom. The first-order valence-corrected chi connectivity index (χ1v) is 8.27. The van der Waals surface area contributed by atoms with Crippen LogP contribution in [0.25, 0.3) is 5.82 Å². The quantitative estimate of drug-likeness (QED) is 0.734. The van der Waals surface area contributed by atoms with Crippen molar-refractivity contribution in [3.63, 3.8) is 0 Å². The number of anilines is 1. The molecule has 2 aromatic heterocycles. The fourth-order valence-corrected chi connectivity index (χ4v) is 3.14. The number of carbonyl (C=O) groups excluding carboxylic acids is 1. The number of rotatable bonds is 3. The zero-order chi connectivity index (χ0) is 19.8. The minimum atomic E-state index is -4.54. The minimum absolute atomic E-state index is 0.104. The molecule has 11 heteroatoms. The van der Waals surface area contributed by atoms with Crippen LogP contribution in [0.3, 0.4) is 0 Å². The van der Waals surface area contributed by atoms with Crippen LogP contribution < -0.4 is 10.5 Å². The third-order valence-corrected chi connectivity index (χ3v) is 4.58. The smallest absolute Gasteiger partial charge is 0.417 e. The van der Waals surface area contributed by atoms with Crippen LogP contribution in [0.5, 0.6) is 0 Å². The molecule has 1 saturated heterocycles. The third-order valence-electron chi connectivity index (χ3n) is 4.23. The Morgan fingerprint density at radius 2 is 2.07 bits per heavy atom. The molecule has 1 fully saturated rings. The van der Waals surface area contributed by atoms with Crippen molar-refractivity contribution < 1.29 is 22.7 Å². The Morgan fingerprint density at radius 1 is 1.33 bits per heavy atom. The van der Waals surface area contributed by atoms with E-state index in [0.717, 1.165) is 16.8 Å². The highest BCUT2D eigenvalue weighted by molar-refractivity contribution is 6.33. The summed E-state index contributed by atoms with van der Waals surface area (Å²) in [5.41, 5.74) is -1.44. The van der Waals surface area contributed by atoms with E-state index in [1.54, 1.807) is 4.90 Å². The lowest BCUT2D eigenvalue weighted by atomic mass is 10.2. The molecular weight excluding hydrogens is 389 g/mol. The molecule has 0 unspecified atom stereocenters. The molecule has 144 valence electrons. The number of alkyl halides is 3. The largest absolute Gasteiger partial charge is 0.467 e. The Balaban J connectivity index is 1.96. The van der Waals surface area contributed by atoms with Crippen molar-refractivity contribution in [2.45, 2.75) is 25.1 Å². The van der Waals surface area contributed by atoms with E-state index in [-0.39, 0.29) is 16.5 Å². The van der Waals surface area contributed by atoms with E-state index in [1.165, 1.54) is 13.3 Å². The lowest BCUT2D eigenvalue weighted by Crippen LogP contribution is -2.38. The number of methoxy groups -OCH3 is 1. The van der Waals surface area contributed by atoms with Crippen molar-refractivity contribution in [1.29, 1.82) is 0 Å². The van der Waals surface area contributed by atoms with Crippen molar-refractivity contribution in [2.24, 2.45) is 0 Å². The second-order valence-electron chi connectivity index (χ2n) is 5.84. The summed E-state index contributed by atoms with van der Waals surface area (Å²) in [7, 11) is 1.27. The van der Waals surface area contributed by atoms with Gasteiger partial charge < -0.3 is 9.64 Å². The predicted molar refractivity (Wildman–Crippen MR) is 90.0 cm³/mol. The first-order chi connectivity index (χ1) is 12.7. The number of pyridine rings is 1. The number of hydrogen-bond acceptors (Lipinski definition) is 6. The van der Waals surface area contributed by atoms with E-state index < -0.39 is 29.3 Å². The number of halogens is 4. The molecule has 0 aliphatic carbocycles. The molecule has 3 rings (SSSR count). The van der Waals surface area contributed by atoms with Gasteiger partial charge in [-0.1, -0.05) is 11.6 Å². The van der Waals surface area contributed by atoms with Gasteiger partial charge >= 0.3 is 12.1 Å². The Bertz CT molecular complexity index is 915. The van der Waals surface area contributed by atoms with Gasteiger partial charge in [0, 0.05) is 12.7 Å². The van der Waals surface area contributed by atoms with Gasteiger partial charge in [0.1, 0.15) is 11.1 Å². The molecule has 1 aliphatic heterocycles. The molecular formula is C16H14ClF3N4O3. The fourth-order valence-electron chi connectivity index (χ4n) is 2.90. The van der Waals surface area contributed by atoms with Crippen molar-refractivity contribution in [1.82, 2.24) is 14.8 Å². The van der Waals surface area contributed by atoms with E-state index >= 15 is 0 Å². The maximum absolute atomic E-state index is 12.6. The SMILES string of the molecule is COC(=O)[C@@H]1CCCN1c1cnn(-c2ccc(C(F)(F)F)cn2)c(=O)c1Cl. The second-order valence-corrected chi connectivity index (χ2v) is 6.22. The standard InChI is InChI=1S/C16H14ClF3N4O3/c1-27-15(26)10-3-2-6-23(10)11-8-22-24(14(25)13(11)17)12-5-4-9(7-21-12)16(18,19)20/h4-5,7-8,10H,2-3,6H2,1H3/t10-/m0/s1. The molecule has 0 amide bonds. The maximum atomic E-state index is 12.6. The molecule has 27 heavy (non-hydrogen) atoms. The topological polar surface area (TPSA) is 77.3 Å². The molecule has 7 nitrogen and oxygen atoms in total. The summed E-state index contributed by atoms with van der Waals surface area (Å²) in [4.78, 5) is 29.7. The molecule has 1 atom stereocenters. The highest BCUT2D eigenvalue weighted by Crippen LogP contribution is 2.31. The molecule has 0 radical (unpaired) electrons. The van der Waals surface area contributed by atoms with Crippen LogP contribution in [0.15, 0.2) is 29.3 Å². The molecule has 3 heterocycles. The summed E-state index contributed by atoms with van der Waals surface area (Å²) < 4.78 is 43.5. The molecule has 0 saturated carbocycles. The van der Waals surface area contributed by atoms with Crippen LogP contribution in [-0.4, -0.2) is 40.4 Å². The van der Waals surface area contributed by atoms with Crippen LogP contribution in [0, 0.1) is 0 Å². The van der Waals surface area contributed by atoms with Gasteiger partial charge in [-0.05, 0) is 25.0 Å². The first kappa shape index (κ1) is 19.2. The van der Waals surface area contributed by atoms with E-state index in [9.17, 15) is 22.8 Å². The molecule has 0 bridgehead atoms. The van der Waals surface area contributed by atoms with Gasteiger partial charge in [0.25, 0.3) is 5.56 Å². The van der Waals surface area contributed by atoms with E-state index in [4.69, 9.17) is 16.3 Å². The number of hydrogen-bond donors (Lipinski definition) is 0. The zero-order valence-electron chi connectivity index (χ0n) is 14.0. The summed E-state index contributed by atoms with van der Waals surface area (Å²) in [5, 5.41) is 3.74. The highest BCUT2D eigenvalue weighted by Gasteiger charge is 2.34. The van der Waals surface area contributed by atoms with Crippen LogP contribution in [0.4, 0.5) is 18.9 Å². The van der Waals surface area contributed by atoms with Gasteiger partial charge in [0.2, 0.25) is 0 Å². The molecule has 0 N–H and O–H groups in total. The van der Waals surface area contributed by atoms with Crippen molar-refractivity contribution >= 4 is 23.3 Å². The minimum Gasteiger partial charge on any atom is -0.467 e. The first-order valence-electron chi connectivity index (χ1n) is 7.90. The number of aromatic nitrogens is 3. The number of carbonyl (C=O) groups is 1. The monoisotopic (exact) mass is 402 g/mol. The summed E-state index contributed by atoms with van der Waals surface area (Å²) in [6, 6.07) is 1.25. The Hall–Kier alpha value is -2.62. The Labute approximate surface area is 156 Å². The molecule has 0 spiro atoms. The normalized spacial score (nSPS) is 17.2. The third kappa shape index (κ3) is 3.61. The number of esters is 1. The van der Waals surface area contributed by atoms with Gasteiger partial charge in [-0.3, -0.25) is 4.79 Å². The Kier molecular flexibility index (Phi) is 5.09. The summed E-state index contributed by atoms with van der Waals surface area (Å²) >= 11 is 6.17.